The van der Waals surface area contributed by atoms with Crippen molar-refractivity contribution in [1.82, 2.24) is 9.97 Å². The quantitative estimate of drug-likeness (QED) is 0.922. The third-order valence-electron chi connectivity index (χ3n) is 2.10. The first kappa shape index (κ1) is 11.8. The second-order valence-corrected chi connectivity index (χ2v) is 4.65. The first-order chi connectivity index (χ1) is 8.29. The normalized spacial score (nSPS) is 9.88. The van der Waals surface area contributed by atoms with Crippen LogP contribution in [0.2, 0.25) is 5.15 Å². The van der Waals surface area contributed by atoms with Gasteiger partial charge in [-0.15, -0.1) is 0 Å². The second kappa shape index (κ2) is 5.62. The summed E-state index contributed by atoms with van der Waals surface area (Å²) in [5.41, 5.74) is 1.16. The van der Waals surface area contributed by atoms with Gasteiger partial charge in [0.15, 0.2) is 10.3 Å². The van der Waals surface area contributed by atoms with Gasteiger partial charge in [0.1, 0.15) is 10.9 Å². The molecule has 0 aliphatic heterocycles. The lowest BCUT2D eigenvalue weighted by molar-refractivity contribution is 1.00. The average molecular weight is 265 g/mol. The maximum atomic E-state index is 8.74. The molecule has 2 aromatic heterocycles. The molecule has 0 saturated heterocycles. The number of hydrogen-bond donors (Lipinski definition) is 1. The van der Waals surface area contributed by atoms with Crippen LogP contribution in [0.1, 0.15) is 10.4 Å². The van der Waals surface area contributed by atoms with Crippen molar-refractivity contribution in [2.45, 2.75) is 6.42 Å². The molecular weight excluding hydrogens is 256 g/mol. The number of nitriles is 1. The van der Waals surface area contributed by atoms with Gasteiger partial charge in [0, 0.05) is 18.9 Å². The van der Waals surface area contributed by atoms with Crippen LogP contribution in [0.15, 0.2) is 24.5 Å². The minimum atomic E-state index is 0.265. The van der Waals surface area contributed by atoms with Crippen LogP contribution in [0.4, 0.5) is 5.13 Å². The fourth-order valence-corrected chi connectivity index (χ4v) is 2.28. The van der Waals surface area contributed by atoms with Crippen LogP contribution >= 0.6 is 22.9 Å². The molecule has 86 valence electrons. The zero-order valence-corrected chi connectivity index (χ0v) is 10.4. The molecule has 0 aromatic carbocycles. The van der Waals surface area contributed by atoms with Gasteiger partial charge in [-0.1, -0.05) is 29.0 Å². The van der Waals surface area contributed by atoms with E-state index in [1.54, 1.807) is 6.20 Å². The van der Waals surface area contributed by atoms with Crippen molar-refractivity contribution >= 4 is 28.1 Å². The van der Waals surface area contributed by atoms with E-state index in [0.29, 0.717) is 10.0 Å². The van der Waals surface area contributed by atoms with Crippen molar-refractivity contribution < 1.29 is 0 Å². The number of aromatic nitrogens is 2. The van der Waals surface area contributed by atoms with Gasteiger partial charge in [-0.3, -0.25) is 4.98 Å². The summed E-state index contributed by atoms with van der Waals surface area (Å²) in [7, 11) is 0. The summed E-state index contributed by atoms with van der Waals surface area (Å²) in [4.78, 5) is 8.52. The predicted molar refractivity (Wildman–Crippen MR) is 68.3 cm³/mol. The van der Waals surface area contributed by atoms with E-state index in [1.165, 1.54) is 11.3 Å². The number of halogens is 1. The van der Waals surface area contributed by atoms with Crippen molar-refractivity contribution in [3.05, 3.63) is 40.1 Å². The van der Waals surface area contributed by atoms with Crippen LogP contribution in [-0.2, 0) is 6.42 Å². The Morgan fingerprint density at radius 3 is 3.06 bits per heavy atom. The van der Waals surface area contributed by atoms with Crippen molar-refractivity contribution in [2.24, 2.45) is 0 Å². The first-order valence-corrected chi connectivity index (χ1v) is 6.18. The molecule has 0 spiro atoms. The van der Waals surface area contributed by atoms with E-state index in [9.17, 15) is 0 Å². The molecule has 0 saturated carbocycles. The van der Waals surface area contributed by atoms with E-state index in [4.69, 9.17) is 16.9 Å². The zero-order valence-electron chi connectivity index (χ0n) is 8.85. The fourth-order valence-electron chi connectivity index (χ4n) is 1.31. The molecule has 0 aliphatic carbocycles. The second-order valence-electron chi connectivity index (χ2n) is 3.29. The Labute approximate surface area is 108 Å². The molecule has 6 heteroatoms. The molecule has 4 nitrogen and oxygen atoms in total. The molecule has 0 radical (unpaired) electrons. The van der Waals surface area contributed by atoms with E-state index in [1.807, 2.05) is 24.4 Å². The van der Waals surface area contributed by atoms with Gasteiger partial charge in [0.25, 0.3) is 0 Å². The molecule has 17 heavy (non-hydrogen) atoms. The molecule has 0 atom stereocenters. The number of thiazole rings is 1. The van der Waals surface area contributed by atoms with Crippen molar-refractivity contribution in [1.29, 1.82) is 5.26 Å². The molecule has 0 aliphatic rings. The predicted octanol–water partition coefficient (Wildman–Crippen LogP) is 2.72. The maximum absolute atomic E-state index is 8.74. The highest BCUT2D eigenvalue weighted by molar-refractivity contribution is 7.16. The third kappa shape index (κ3) is 3.16. The molecule has 2 aromatic rings. The molecule has 0 unspecified atom stereocenters. The summed E-state index contributed by atoms with van der Waals surface area (Å²) in [6, 6.07) is 5.92. The first-order valence-electron chi connectivity index (χ1n) is 4.99. The van der Waals surface area contributed by atoms with E-state index in [2.05, 4.69) is 15.3 Å². The molecule has 2 heterocycles. The largest absolute Gasteiger partial charge is 0.361 e. The van der Waals surface area contributed by atoms with Gasteiger partial charge in [-0.05, 0) is 18.1 Å². The summed E-state index contributed by atoms with van der Waals surface area (Å²) >= 11 is 7.03. The summed E-state index contributed by atoms with van der Waals surface area (Å²) in [6.07, 6.45) is 4.43. The van der Waals surface area contributed by atoms with Crippen molar-refractivity contribution in [3.63, 3.8) is 0 Å². The standard InChI is InChI=1S/C11H9ClN4S/c12-10-9(6-13)17-11(16-10)15-5-3-8-2-1-4-14-7-8/h1-2,4,7H,3,5H2,(H,15,16). The molecular formula is C11H9ClN4S. The minimum absolute atomic E-state index is 0.265. The number of hydrogen-bond acceptors (Lipinski definition) is 5. The Morgan fingerprint density at radius 2 is 2.41 bits per heavy atom. The third-order valence-corrected chi connectivity index (χ3v) is 3.40. The molecule has 1 N–H and O–H groups in total. The fraction of sp³-hybridized carbons (Fsp3) is 0.182. The van der Waals surface area contributed by atoms with Crippen LogP contribution in [-0.4, -0.2) is 16.5 Å². The SMILES string of the molecule is N#Cc1sc(NCCc2cccnc2)nc1Cl. The van der Waals surface area contributed by atoms with E-state index < -0.39 is 0 Å². The Hall–Kier alpha value is -1.64. The smallest absolute Gasteiger partial charge is 0.185 e. The topological polar surface area (TPSA) is 61.6 Å². The summed E-state index contributed by atoms with van der Waals surface area (Å²) in [5, 5.41) is 12.8. The van der Waals surface area contributed by atoms with Gasteiger partial charge in [-0.25, -0.2) is 4.98 Å². The van der Waals surface area contributed by atoms with Gasteiger partial charge in [0.2, 0.25) is 0 Å². The Bertz CT molecular complexity index is 532. The maximum Gasteiger partial charge on any atom is 0.185 e. The Balaban J connectivity index is 1.88. The van der Waals surface area contributed by atoms with Gasteiger partial charge < -0.3 is 5.32 Å². The number of rotatable bonds is 4. The average Bonchev–Trinajstić information content (AvgIpc) is 2.71. The Morgan fingerprint density at radius 1 is 1.53 bits per heavy atom. The van der Waals surface area contributed by atoms with Gasteiger partial charge in [-0.2, -0.15) is 5.26 Å². The number of pyridine rings is 1. The molecule has 2 rings (SSSR count). The highest BCUT2D eigenvalue weighted by Crippen LogP contribution is 2.25. The van der Waals surface area contributed by atoms with Crippen LogP contribution in [0.25, 0.3) is 0 Å². The van der Waals surface area contributed by atoms with Crippen LogP contribution in [0.3, 0.4) is 0 Å². The summed E-state index contributed by atoms with van der Waals surface area (Å²) in [6.45, 7) is 0.737. The summed E-state index contributed by atoms with van der Waals surface area (Å²) < 4.78 is 0. The van der Waals surface area contributed by atoms with Crippen LogP contribution in [0.5, 0.6) is 0 Å². The number of nitrogens with zero attached hydrogens (tertiary/aromatic N) is 3. The zero-order chi connectivity index (χ0) is 12.1. The van der Waals surface area contributed by atoms with Crippen molar-refractivity contribution in [2.75, 3.05) is 11.9 Å². The van der Waals surface area contributed by atoms with Gasteiger partial charge >= 0.3 is 0 Å². The number of nitrogens with one attached hydrogen (secondary N) is 1. The van der Waals surface area contributed by atoms with Crippen LogP contribution in [0, 0.1) is 11.3 Å². The molecule has 0 bridgehead atoms. The van der Waals surface area contributed by atoms with Gasteiger partial charge in [0.05, 0.1) is 0 Å². The highest BCUT2D eigenvalue weighted by atomic mass is 35.5. The van der Waals surface area contributed by atoms with E-state index in [-0.39, 0.29) is 5.15 Å². The lowest BCUT2D eigenvalue weighted by atomic mass is 10.2. The minimum Gasteiger partial charge on any atom is -0.361 e. The lowest BCUT2D eigenvalue weighted by Crippen LogP contribution is -2.04. The summed E-state index contributed by atoms with van der Waals surface area (Å²) in [5.74, 6) is 0. The lowest BCUT2D eigenvalue weighted by Gasteiger charge is -2.01. The molecule has 0 amide bonds. The number of anilines is 1. The Kier molecular flexibility index (Phi) is 3.91. The molecule has 0 fully saturated rings. The highest BCUT2D eigenvalue weighted by Gasteiger charge is 2.07. The van der Waals surface area contributed by atoms with Crippen LogP contribution < -0.4 is 5.32 Å². The van der Waals surface area contributed by atoms with E-state index in [0.717, 1.165) is 18.5 Å². The van der Waals surface area contributed by atoms with E-state index >= 15 is 0 Å². The monoisotopic (exact) mass is 264 g/mol. The van der Waals surface area contributed by atoms with Crippen molar-refractivity contribution in [3.8, 4) is 6.07 Å².